The predicted octanol–water partition coefficient (Wildman–Crippen LogP) is 1.84. The quantitative estimate of drug-likeness (QED) is 0.750. The van der Waals surface area contributed by atoms with Gasteiger partial charge in [0.25, 0.3) is 5.91 Å². The van der Waals surface area contributed by atoms with Crippen molar-refractivity contribution in [1.82, 2.24) is 14.6 Å². The number of pyridine rings is 1. The number of benzene rings is 1. The highest BCUT2D eigenvalue weighted by Gasteiger charge is 2.27. The smallest absolute Gasteiger partial charge is 0.252 e. The fourth-order valence-corrected chi connectivity index (χ4v) is 4.68. The number of carbonyl (C=O) groups excluding carboxylic acids is 1. The van der Waals surface area contributed by atoms with E-state index in [1.807, 2.05) is 6.92 Å². The lowest BCUT2D eigenvalue weighted by atomic mass is 10.1. The number of H-pyrrole nitrogens is 1. The Kier molecular flexibility index (Phi) is 5.43. The van der Waals surface area contributed by atoms with Gasteiger partial charge in [-0.1, -0.05) is 13.3 Å². The second-order valence-electron chi connectivity index (χ2n) is 6.48. The number of amides is 1. The molecular formula is C18H23N3O4S. The lowest BCUT2D eigenvalue weighted by Gasteiger charge is -2.16. The molecule has 1 aromatic carbocycles. The molecule has 0 aliphatic carbocycles. The molecule has 3 rings (SSSR count). The first-order valence-corrected chi connectivity index (χ1v) is 10.3. The van der Waals surface area contributed by atoms with Crippen molar-refractivity contribution in [3.8, 4) is 0 Å². The summed E-state index contributed by atoms with van der Waals surface area (Å²) in [4.78, 5) is 27.1. The highest BCUT2D eigenvalue weighted by Crippen LogP contribution is 2.25. The third-order valence-electron chi connectivity index (χ3n) is 4.58. The Labute approximate surface area is 152 Å². The third kappa shape index (κ3) is 3.66. The minimum absolute atomic E-state index is 0.140. The van der Waals surface area contributed by atoms with E-state index in [9.17, 15) is 18.0 Å². The van der Waals surface area contributed by atoms with Crippen LogP contribution in [0.4, 0.5) is 0 Å². The fourth-order valence-electron chi connectivity index (χ4n) is 3.13. The van der Waals surface area contributed by atoms with Gasteiger partial charge in [-0.3, -0.25) is 9.59 Å². The van der Waals surface area contributed by atoms with Gasteiger partial charge in [0.05, 0.1) is 10.5 Å². The molecule has 1 saturated heterocycles. The average molecular weight is 377 g/mol. The Morgan fingerprint density at radius 3 is 2.65 bits per heavy atom. The van der Waals surface area contributed by atoms with Gasteiger partial charge in [0.1, 0.15) is 0 Å². The lowest BCUT2D eigenvalue weighted by Crippen LogP contribution is -2.28. The highest BCUT2D eigenvalue weighted by molar-refractivity contribution is 7.89. The molecule has 140 valence electrons. The molecule has 0 atom stereocenters. The summed E-state index contributed by atoms with van der Waals surface area (Å²) in [6.07, 6.45) is 3.48. The van der Waals surface area contributed by atoms with Crippen LogP contribution in [0.2, 0.25) is 0 Å². The van der Waals surface area contributed by atoms with Crippen molar-refractivity contribution in [2.45, 2.75) is 37.5 Å². The zero-order valence-corrected chi connectivity index (χ0v) is 15.6. The number of fused-ring (bicyclic) bond motifs is 1. The van der Waals surface area contributed by atoms with Crippen LogP contribution in [0.25, 0.3) is 10.9 Å². The second kappa shape index (κ2) is 7.59. The van der Waals surface area contributed by atoms with Gasteiger partial charge in [0.15, 0.2) is 0 Å². The average Bonchev–Trinajstić information content (AvgIpc) is 3.16. The van der Waals surface area contributed by atoms with Crippen molar-refractivity contribution in [2.75, 3.05) is 19.6 Å². The third-order valence-corrected chi connectivity index (χ3v) is 6.47. The predicted molar refractivity (Wildman–Crippen MR) is 99.8 cm³/mol. The summed E-state index contributed by atoms with van der Waals surface area (Å²) in [5.41, 5.74) is 0.241. The van der Waals surface area contributed by atoms with Crippen molar-refractivity contribution in [3.05, 3.63) is 40.2 Å². The summed E-state index contributed by atoms with van der Waals surface area (Å²) >= 11 is 0. The molecule has 0 bridgehead atoms. The summed E-state index contributed by atoms with van der Waals surface area (Å²) in [5.74, 6) is -0.370. The van der Waals surface area contributed by atoms with E-state index >= 15 is 0 Å². The van der Waals surface area contributed by atoms with E-state index in [1.165, 1.54) is 22.5 Å². The van der Waals surface area contributed by atoms with E-state index in [-0.39, 0.29) is 16.4 Å². The van der Waals surface area contributed by atoms with Gasteiger partial charge in [-0.05, 0) is 37.5 Å². The van der Waals surface area contributed by atoms with Crippen LogP contribution in [-0.2, 0) is 10.0 Å². The molecule has 7 nitrogen and oxygen atoms in total. The normalized spacial score (nSPS) is 15.4. The van der Waals surface area contributed by atoms with Crippen molar-refractivity contribution < 1.29 is 13.2 Å². The lowest BCUT2D eigenvalue weighted by molar-refractivity contribution is 0.0954. The van der Waals surface area contributed by atoms with Gasteiger partial charge >= 0.3 is 0 Å². The number of aromatic amines is 1. The molecule has 0 radical (unpaired) electrons. The van der Waals surface area contributed by atoms with Crippen molar-refractivity contribution in [1.29, 1.82) is 0 Å². The number of aromatic nitrogens is 1. The van der Waals surface area contributed by atoms with Gasteiger partial charge in [0.2, 0.25) is 15.6 Å². The molecule has 0 saturated carbocycles. The summed E-state index contributed by atoms with van der Waals surface area (Å²) < 4.78 is 27.0. The summed E-state index contributed by atoms with van der Waals surface area (Å²) in [6, 6.07) is 5.72. The fraction of sp³-hybridized carbons (Fsp3) is 0.444. The number of hydrogen-bond acceptors (Lipinski definition) is 4. The maximum Gasteiger partial charge on any atom is 0.252 e. The molecule has 1 aliphatic rings. The molecular weight excluding hydrogens is 354 g/mol. The maximum atomic E-state index is 12.8. The van der Waals surface area contributed by atoms with Crippen molar-refractivity contribution in [3.63, 3.8) is 0 Å². The minimum atomic E-state index is -3.59. The first-order valence-electron chi connectivity index (χ1n) is 8.89. The second-order valence-corrected chi connectivity index (χ2v) is 8.41. The van der Waals surface area contributed by atoms with Crippen LogP contribution in [0.1, 0.15) is 43.0 Å². The molecule has 2 aromatic rings. The monoisotopic (exact) mass is 377 g/mol. The zero-order chi connectivity index (χ0) is 18.7. The molecule has 1 aliphatic heterocycles. The Balaban J connectivity index is 2.05. The molecule has 2 heterocycles. The number of unbranched alkanes of at least 4 members (excludes halogenated alkanes) is 1. The van der Waals surface area contributed by atoms with Crippen LogP contribution in [0.15, 0.2) is 34.0 Å². The van der Waals surface area contributed by atoms with Gasteiger partial charge in [-0.2, -0.15) is 4.31 Å². The topological polar surface area (TPSA) is 99.3 Å². The van der Waals surface area contributed by atoms with Crippen LogP contribution in [0.5, 0.6) is 0 Å². The SMILES string of the molecule is CCCCNC(=O)c1cc(=O)[nH]c2ccc(S(=O)(=O)N3CCCC3)cc12. The number of sulfonamides is 1. The van der Waals surface area contributed by atoms with E-state index in [0.717, 1.165) is 25.7 Å². The highest BCUT2D eigenvalue weighted by atomic mass is 32.2. The maximum absolute atomic E-state index is 12.8. The summed E-state index contributed by atoms with van der Waals surface area (Å²) in [5, 5.41) is 3.21. The van der Waals surface area contributed by atoms with E-state index < -0.39 is 15.6 Å². The van der Waals surface area contributed by atoms with E-state index in [1.54, 1.807) is 6.07 Å². The summed E-state index contributed by atoms with van der Waals surface area (Å²) in [6.45, 7) is 3.55. The van der Waals surface area contributed by atoms with E-state index in [0.29, 0.717) is 30.5 Å². The first kappa shape index (κ1) is 18.6. The molecule has 8 heteroatoms. The largest absolute Gasteiger partial charge is 0.352 e. The Bertz CT molecular complexity index is 976. The van der Waals surface area contributed by atoms with E-state index in [4.69, 9.17) is 0 Å². The number of carbonyl (C=O) groups is 1. The molecule has 0 unspecified atom stereocenters. The van der Waals surface area contributed by atoms with Gasteiger partial charge < -0.3 is 10.3 Å². The van der Waals surface area contributed by atoms with Crippen LogP contribution in [0.3, 0.4) is 0 Å². The Morgan fingerprint density at radius 2 is 1.96 bits per heavy atom. The molecule has 26 heavy (non-hydrogen) atoms. The number of nitrogens with zero attached hydrogens (tertiary/aromatic N) is 1. The van der Waals surface area contributed by atoms with Crippen LogP contribution in [-0.4, -0.2) is 43.2 Å². The van der Waals surface area contributed by atoms with Gasteiger partial charge in [0, 0.05) is 36.6 Å². The van der Waals surface area contributed by atoms with Crippen molar-refractivity contribution >= 4 is 26.8 Å². The molecule has 1 amide bonds. The summed E-state index contributed by atoms with van der Waals surface area (Å²) in [7, 11) is -3.59. The Morgan fingerprint density at radius 1 is 1.23 bits per heavy atom. The first-order chi connectivity index (χ1) is 12.4. The zero-order valence-electron chi connectivity index (χ0n) is 14.7. The minimum Gasteiger partial charge on any atom is -0.352 e. The van der Waals surface area contributed by atoms with E-state index in [2.05, 4.69) is 10.3 Å². The van der Waals surface area contributed by atoms with Gasteiger partial charge in [-0.15, -0.1) is 0 Å². The number of nitrogens with one attached hydrogen (secondary N) is 2. The van der Waals surface area contributed by atoms with Crippen LogP contribution >= 0.6 is 0 Å². The number of hydrogen-bond donors (Lipinski definition) is 2. The molecule has 1 aromatic heterocycles. The van der Waals surface area contributed by atoms with Crippen LogP contribution in [0, 0.1) is 0 Å². The standard InChI is InChI=1S/C18H23N3O4S/c1-2-3-8-19-18(23)15-12-17(22)20-16-7-6-13(11-14(15)16)26(24,25)21-9-4-5-10-21/h6-7,11-12H,2-5,8-10H2,1H3,(H,19,23)(H,20,22). The molecule has 2 N–H and O–H groups in total. The van der Waals surface area contributed by atoms with Crippen LogP contribution < -0.4 is 10.9 Å². The van der Waals surface area contributed by atoms with Gasteiger partial charge in [-0.25, -0.2) is 8.42 Å². The molecule has 0 spiro atoms. The Hall–Kier alpha value is -2.19. The van der Waals surface area contributed by atoms with Crippen molar-refractivity contribution in [2.24, 2.45) is 0 Å². The molecule has 1 fully saturated rings. The number of rotatable bonds is 6.